The maximum absolute atomic E-state index is 10.8. The third kappa shape index (κ3) is 3.62. The van der Waals surface area contributed by atoms with E-state index in [9.17, 15) is 5.11 Å². The molecule has 0 amide bonds. The van der Waals surface area contributed by atoms with Crippen LogP contribution in [0.25, 0.3) is 0 Å². The summed E-state index contributed by atoms with van der Waals surface area (Å²) >= 11 is 0. The van der Waals surface area contributed by atoms with E-state index < -0.39 is 0 Å². The Labute approximate surface area is 123 Å². The first-order valence-corrected chi connectivity index (χ1v) is 8.09. The fourth-order valence-corrected chi connectivity index (χ4v) is 3.62. The largest absolute Gasteiger partial charge is 0.388 e. The number of rotatable bonds is 5. The van der Waals surface area contributed by atoms with Crippen molar-refractivity contribution in [3.63, 3.8) is 0 Å². The van der Waals surface area contributed by atoms with Crippen molar-refractivity contribution in [2.45, 2.75) is 52.2 Å². The minimum absolute atomic E-state index is 0.284. The molecule has 2 rings (SSSR count). The van der Waals surface area contributed by atoms with Gasteiger partial charge in [0.25, 0.3) is 0 Å². The van der Waals surface area contributed by atoms with Crippen LogP contribution in [0.4, 0.5) is 0 Å². The third-order valence-corrected chi connectivity index (χ3v) is 4.86. The molecule has 0 spiro atoms. The standard InChI is InChI=1S/C18H29NO/c1-4-14-10-11-19-16(12-14)17(13(2)3)18(20)15-8-6-5-7-9-15/h5-9,13-14,16-20H,4,10-12H2,1-3H3. The average molecular weight is 275 g/mol. The van der Waals surface area contributed by atoms with Gasteiger partial charge in [0.2, 0.25) is 0 Å². The number of benzene rings is 1. The van der Waals surface area contributed by atoms with Crippen molar-refractivity contribution in [1.82, 2.24) is 5.32 Å². The van der Waals surface area contributed by atoms with Crippen molar-refractivity contribution in [3.8, 4) is 0 Å². The number of piperidine rings is 1. The van der Waals surface area contributed by atoms with E-state index in [4.69, 9.17) is 0 Å². The van der Waals surface area contributed by atoms with Gasteiger partial charge >= 0.3 is 0 Å². The summed E-state index contributed by atoms with van der Waals surface area (Å²) in [5.74, 6) is 1.57. The first-order chi connectivity index (χ1) is 9.63. The maximum Gasteiger partial charge on any atom is 0.0835 e. The minimum atomic E-state index is -0.371. The molecule has 1 aromatic rings. The van der Waals surface area contributed by atoms with Gasteiger partial charge in [0.15, 0.2) is 0 Å². The average Bonchev–Trinajstić information content (AvgIpc) is 2.48. The van der Waals surface area contributed by atoms with Gasteiger partial charge in [-0.15, -0.1) is 0 Å². The molecule has 4 atom stereocenters. The van der Waals surface area contributed by atoms with Gasteiger partial charge in [-0.1, -0.05) is 57.5 Å². The van der Waals surface area contributed by atoms with Crippen LogP contribution in [-0.4, -0.2) is 17.7 Å². The van der Waals surface area contributed by atoms with Gasteiger partial charge in [-0.25, -0.2) is 0 Å². The summed E-state index contributed by atoms with van der Waals surface area (Å²) in [6, 6.07) is 10.6. The highest BCUT2D eigenvalue weighted by molar-refractivity contribution is 5.18. The van der Waals surface area contributed by atoms with Crippen molar-refractivity contribution < 1.29 is 5.11 Å². The number of hydrogen-bond acceptors (Lipinski definition) is 2. The molecule has 1 aromatic carbocycles. The van der Waals surface area contributed by atoms with Crippen LogP contribution in [-0.2, 0) is 0 Å². The highest BCUT2D eigenvalue weighted by atomic mass is 16.3. The van der Waals surface area contributed by atoms with E-state index in [0.717, 1.165) is 18.0 Å². The van der Waals surface area contributed by atoms with Gasteiger partial charge < -0.3 is 10.4 Å². The first kappa shape index (κ1) is 15.5. The lowest BCUT2D eigenvalue weighted by molar-refractivity contribution is 0.0409. The molecule has 2 heteroatoms. The predicted octanol–water partition coefficient (Wildman–Crippen LogP) is 3.77. The van der Waals surface area contributed by atoms with Crippen LogP contribution in [0.1, 0.15) is 51.7 Å². The summed E-state index contributed by atoms with van der Waals surface area (Å²) in [4.78, 5) is 0. The topological polar surface area (TPSA) is 32.3 Å². The van der Waals surface area contributed by atoms with Crippen LogP contribution in [0, 0.1) is 17.8 Å². The molecular weight excluding hydrogens is 246 g/mol. The van der Waals surface area contributed by atoms with Gasteiger partial charge in [-0.3, -0.25) is 0 Å². The lowest BCUT2D eigenvalue weighted by atomic mass is 9.75. The molecule has 0 aliphatic carbocycles. The Balaban J connectivity index is 2.14. The molecule has 0 aromatic heterocycles. The molecule has 1 aliphatic heterocycles. The highest BCUT2D eigenvalue weighted by Gasteiger charge is 2.34. The van der Waals surface area contributed by atoms with E-state index in [1.807, 2.05) is 30.3 Å². The van der Waals surface area contributed by atoms with Gasteiger partial charge in [0.1, 0.15) is 0 Å². The second-order valence-electron chi connectivity index (χ2n) is 6.54. The van der Waals surface area contributed by atoms with E-state index in [-0.39, 0.29) is 12.0 Å². The molecule has 1 fully saturated rings. The van der Waals surface area contributed by atoms with E-state index in [1.165, 1.54) is 19.3 Å². The molecule has 0 bridgehead atoms. The molecule has 4 unspecified atom stereocenters. The molecule has 1 saturated heterocycles. The Bertz CT molecular complexity index is 390. The Kier molecular flexibility index (Phi) is 5.62. The number of hydrogen-bond donors (Lipinski definition) is 2. The summed E-state index contributed by atoms with van der Waals surface area (Å²) < 4.78 is 0. The third-order valence-electron chi connectivity index (χ3n) is 4.86. The van der Waals surface area contributed by atoms with Crippen molar-refractivity contribution in [2.75, 3.05) is 6.54 Å². The summed E-state index contributed by atoms with van der Waals surface area (Å²) in [7, 11) is 0. The molecule has 112 valence electrons. The SMILES string of the molecule is CCC1CCNC(C(C(C)C)C(O)c2ccccc2)C1. The molecule has 1 heterocycles. The van der Waals surface area contributed by atoms with E-state index in [2.05, 4.69) is 26.1 Å². The Morgan fingerprint density at radius 1 is 1.25 bits per heavy atom. The van der Waals surface area contributed by atoms with E-state index in [0.29, 0.717) is 12.0 Å². The zero-order valence-corrected chi connectivity index (χ0v) is 13.0. The van der Waals surface area contributed by atoms with Crippen molar-refractivity contribution >= 4 is 0 Å². The van der Waals surface area contributed by atoms with Crippen LogP contribution in [0.5, 0.6) is 0 Å². The Morgan fingerprint density at radius 3 is 2.55 bits per heavy atom. The van der Waals surface area contributed by atoms with Crippen molar-refractivity contribution in [2.24, 2.45) is 17.8 Å². The van der Waals surface area contributed by atoms with Gasteiger partial charge in [0, 0.05) is 12.0 Å². The lowest BCUT2D eigenvalue weighted by Gasteiger charge is -2.39. The van der Waals surface area contributed by atoms with Crippen LogP contribution in [0.2, 0.25) is 0 Å². The van der Waals surface area contributed by atoms with Crippen LogP contribution >= 0.6 is 0 Å². The zero-order chi connectivity index (χ0) is 14.5. The lowest BCUT2D eigenvalue weighted by Crippen LogP contribution is -2.46. The number of nitrogens with one attached hydrogen (secondary N) is 1. The molecule has 20 heavy (non-hydrogen) atoms. The summed E-state index contributed by atoms with van der Waals surface area (Å²) in [6.07, 6.45) is 3.36. The first-order valence-electron chi connectivity index (χ1n) is 8.09. The summed E-state index contributed by atoms with van der Waals surface area (Å²) in [6.45, 7) is 7.83. The normalized spacial score (nSPS) is 26.4. The van der Waals surface area contributed by atoms with Gasteiger partial charge in [-0.05, 0) is 36.8 Å². The molecule has 1 aliphatic rings. The van der Waals surface area contributed by atoms with Crippen molar-refractivity contribution in [3.05, 3.63) is 35.9 Å². The summed E-state index contributed by atoms with van der Waals surface area (Å²) in [5, 5.41) is 14.5. The van der Waals surface area contributed by atoms with Gasteiger partial charge in [0.05, 0.1) is 6.10 Å². The van der Waals surface area contributed by atoms with Crippen LogP contribution < -0.4 is 5.32 Å². The Hall–Kier alpha value is -0.860. The number of aliphatic hydroxyl groups excluding tert-OH is 1. The second-order valence-corrected chi connectivity index (χ2v) is 6.54. The van der Waals surface area contributed by atoms with Crippen molar-refractivity contribution in [1.29, 1.82) is 0 Å². The zero-order valence-electron chi connectivity index (χ0n) is 13.0. The minimum Gasteiger partial charge on any atom is -0.388 e. The highest BCUT2D eigenvalue weighted by Crippen LogP contribution is 2.35. The smallest absolute Gasteiger partial charge is 0.0835 e. The molecule has 2 nitrogen and oxygen atoms in total. The maximum atomic E-state index is 10.8. The fraction of sp³-hybridized carbons (Fsp3) is 0.667. The van der Waals surface area contributed by atoms with Gasteiger partial charge in [-0.2, -0.15) is 0 Å². The monoisotopic (exact) mass is 275 g/mol. The summed E-state index contributed by atoms with van der Waals surface area (Å²) in [5.41, 5.74) is 1.05. The Morgan fingerprint density at radius 2 is 1.95 bits per heavy atom. The molecule has 2 N–H and O–H groups in total. The predicted molar refractivity (Wildman–Crippen MR) is 84.5 cm³/mol. The molecular formula is C18H29NO. The van der Waals surface area contributed by atoms with Crippen LogP contribution in [0.15, 0.2) is 30.3 Å². The van der Waals surface area contributed by atoms with E-state index >= 15 is 0 Å². The quantitative estimate of drug-likeness (QED) is 0.857. The van der Waals surface area contributed by atoms with E-state index in [1.54, 1.807) is 0 Å². The second kappa shape index (κ2) is 7.24. The number of aliphatic hydroxyl groups is 1. The fourth-order valence-electron chi connectivity index (χ4n) is 3.62. The molecule has 0 radical (unpaired) electrons. The molecule has 0 saturated carbocycles. The van der Waals surface area contributed by atoms with Crippen LogP contribution in [0.3, 0.4) is 0 Å².